The zero-order valence-corrected chi connectivity index (χ0v) is 11.1. The number of hydrogen-bond acceptors (Lipinski definition) is 2. The van der Waals surface area contributed by atoms with E-state index >= 15 is 0 Å². The molecule has 0 aliphatic heterocycles. The Hall–Kier alpha value is -1.02. The van der Waals surface area contributed by atoms with Crippen molar-refractivity contribution in [3.05, 3.63) is 29.8 Å². The minimum atomic E-state index is 0.533. The quantitative estimate of drug-likeness (QED) is 0.820. The van der Waals surface area contributed by atoms with Crippen LogP contribution in [0.2, 0.25) is 0 Å². The van der Waals surface area contributed by atoms with Crippen molar-refractivity contribution >= 4 is 5.69 Å². The summed E-state index contributed by atoms with van der Waals surface area (Å²) in [7, 11) is 4.13. The molecule has 0 spiro atoms. The first kappa shape index (κ1) is 13.0. The summed E-state index contributed by atoms with van der Waals surface area (Å²) in [6.45, 7) is 6.61. The molecule has 0 aromatic heterocycles. The molecule has 2 nitrogen and oxygen atoms in total. The smallest absolute Gasteiger partial charge is 0.0361 e. The monoisotopic (exact) mass is 220 g/mol. The molecule has 1 N–H and O–H groups in total. The highest BCUT2D eigenvalue weighted by atomic mass is 15.1. The first-order chi connectivity index (χ1) is 7.49. The third-order valence-electron chi connectivity index (χ3n) is 2.61. The summed E-state index contributed by atoms with van der Waals surface area (Å²) in [5, 5.41) is 3.52. The summed E-state index contributed by atoms with van der Waals surface area (Å²) < 4.78 is 0. The molecular formula is C14H24N2. The van der Waals surface area contributed by atoms with E-state index in [1.165, 1.54) is 11.3 Å². The van der Waals surface area contributed by atoms with E-state index in [4.69, 9.17) is 0 Å². The summed E-state index contributed by atoms with van der Waals surface area (Å²) in [6, 6.07) is 9.87. The second-order valence-electron chi connectivity index (χ2n) is 4.99. The molecule has 1 rings (SSSR count). The maximum absolute atomic E-state index is 3.52. The lowest BCUT2D eigenvalue weighted by Gasteiger charge is -2.17. The summed E-state index contributed by atoms with van der Waals surface area (Å²) in [4.78, 5) is 2.12. The van der Waals surface area contributed by atoms with E-state index in [1.54, 1.807) is 0 Å². The SMILES string of the molecule is CC(C)NC(C)Cc1ccc(N(C)C)cc1. The van der Waals surface area contributed by atoms with Gasteiger partial charge in [0.15, 0.2) is 0 Å². The normalized spacial score (nSPS) is 12.9. The predicted molar refractivity (Wildman–Crippen MR) is 72.2 cm³/mol. The van der Waals surface area contributed by atoms with Gasteiger partial charge in [0.05, 0.1) is 0 Å². The number of nitrogens with zero attached hydrogens (tertiary/aromatic N) is 1. The molecule has 0 aliphatic carbocycles. The van der Waals surface area contributed by atoms with Gasteiger partial charge < -0.3 is 10.2 Å². The Labute approximate surface area is 99.7 Å². The van der Waals surface area contributed by atoms with Crippen molar-refractivity contribution in [2.24, 2.45) is 0 Å². The highest BCUT2D eigenvalue weighted by Crippen LogP contribution is 2.13. The standard InChI is InChI=1S/C14H24N2/c1-11(2)15-12(3)10-13-6-8-14(9-7-13)16(4)5/h6-9,11-12,15H,10H2,1-5H3. The van der Waals surface area contributed by atoms with Crippen molar-refractivity contribution in [3.63, 3.8) is 0 Å². The molecule has 0 heterocycles. The third kappa shape index (κ3) is 4.23. The van der Waals surface area contributed by atoms with Gasteiger partial charge in [-0.15, -0.1) is 0 Å². The lowest BCUT2D eigenvalue weighted by atomic mass is 10.1. The summed E-state index contributed by atoms with van der Waals surface area (Å²) in [5.41, 5.74) is 2.65. The number of nitrogens with one attached hydrogen (secondary N) is 1. The van der Waals surface area contributed by atoms with Gasteiger partial charge in [0.25, 0.3) is 0 Å². The molecule has 1 aromatic carbocycles. The number of anilines is 1. The maximum atomic E-state index is 3.52. The van der Waals surface area contributed by atoms with Gasteiger partial charge in [-0.3, -0.25) is 0 Å². The van der Waals surface area contributed by atoms with Gasteiger partial charge in [-0.25, -0.2) is 0 Å². The van der Waals surface area contributed by atoms with Crippen LogP contribution in [0.15, 0.2) is 24.3 Å². The average molecular weight is 220 g/mol. The molecule has 0 aliphatic rings. The molecule has 1 atom stereocenters. The zero-order chi connectivity index (χ0) is 12.1. The van der Waals surface area contributed by atoms with Crippen molar-refractivity contribution in [2.75, 3.05) is 19.0 Å². The van der Waals surface area contributed by atoms with Gasteiger partial charge in [0.1, 0.15) is 0 Å². The number of benzene rings is 1. The molecule has 0 radical (unpaired) electrons. The van der Waals surface area contributed by atoms with E-state index in [9.17, 15) is 0 Å². The first-order valence-corrected chi connectivity index (χ1v) is 6.01. The lowest BCUT2D eigenvalue weighted by molar-refractivity contribution is 0.488. The van der Waals surface area contributed by atoms with Crippen LogP contribution in [-0.4, -0.2) is 26.2 Å². The Kier molecular flexibility index (Phi) is 4.81. The fraction of sp³-hybridized carbons (Fsp3) is 0.571. The first-order valence-electron chi connectivity index (χ1n) is 6.01. The van der Waals surface area contributed by atoms with Crippen molar-refractivity contribution in [1.82, 2.24) is 5.32 Å². The van der Waals surface area contributed by atoms with Crippen molar-refractivity contribution in [1.29, 1.82) is 0 Å². The van der Waals surface area contributed by atoms with Crippen LogP contribution < -0.4 is 10.2 Å². The van der Waals surface area contributed by atoms with Crippen molar-refractivity contribution in [2.45, 2.75) is 39.3 Å². The Morgan fingerprint density at radius 2 is 1.62 bits per heavy atom. The van der Waals surface area contributed by atoms with Crippen LogP contribution in [0.4, 0.5) is 5.69 Å². The Morgan fingerprint density at radius 1 is 1.06 bits per heavy atom. The van der Waals surface area contributed by atoms with Crippen molar-refractivity contribution < 1.29 is 0 Å². The Balaban J connectivity index is 2.55. The minimum Gasteiger partial charge on any atom is -0.378 e. The minimum absolute atomic E-state index is 0.533. The zero-order valence-electron chi connectivity index (χ0n) is 11.1. The molecule has 16 heavy (non-hydrogen) atoms. The molecule has 0 bridgehead atoms. The molecule has 1 unspecified atom stereocenters. The summed E-state index contributed by atoms with van der Waals surface area (Å²) >= 11 is 0. The van der Waals surface area contributed by atoms with E-state index < -0.39 is 0 Å². The molecular weight excluding hydrogens is 196 g/mol. The Bertz CT molecular complexity index is 301. The fourth-order valence-electron chi connectivity index (χ4n) is 1.91. The summed E-state index contributed by atoms with van der Waals surface area (Å²) in [6.07, 6.45) is 1.09. The van der Waals surface area contributed by atoms with Crippen LogP contribution in [-0.2, 0) is 6.42 Å². The molecule has 90 valence electrons. The molecule has 0 saturated carbocycles. The average Bonchev–Trinajstić information content (AvgIpc) is 2.16. The van der Waals surface area contributed by atoms with Gasteiger partial charge in [-0.1, -0.05) is 26.0 Å². The molecule has 0 fully saturated rings. The topological polar surface area (TPSA) is 15.3 Å². The van der Waals surface area contributed by atoms with Gasteiger partial charge >= 0.3 is 0 Å². The van der Waals surface area contributed by atoms with E-state index in [1.807, 2.05) is 0 Å². The second-order valence-corrected chi connectivity index (χ2v) is 4.99. The van der Waals surface area contributed by atoms with Crippen molar-refractivity contribution in [3.8, 4) is 0 Å². The van der Waals surface area contributed by atoms with Gasteiger partial charge in [-0.05, 0) is 31.0 Å². The lowest BCUT2D eigenvalue weighted by Crippen LogP contribution is -2.33. The maximum Gasteiger partial charge on any atom is 0.0361 e. The molecule has 2 heteroatoms. The van der Waals surface area contributed by atoms with Gasteiger partial charge in [0.2, 0.25) is 0 Å². The number of rotatable bonds is 5. The molecule has 0 saturated heterocycles. The van der Waals surface area contributed by atoms with E-state index in [0.29, 0.717) is 12.1 Å². The largest absolute Gasteiger partial charge is 0.378 e. The van der Waals surface area contributed by atoms with E-state index in [0.717, 1.165) is 6.42 Å². The summed E-state index contributed by atoms with van der Waals surface area (Å²) in [5.74, 6) is 0. The van der Waals surface area contributed by atoms with Crippen LogP contribution in [0.1, 0.15) is 26.3 Å². The Morgan fingerprint density at radius 3 is 2.06 bits per heavy atom. The highest BCUT2D eigenvalue weighted by molar-refractivity contribution is 5.46. The van der Waals surface area contributed by atoms with E-state index in [2.05, 4.69) is 69.3 Å². The third-order valence-corrected chi connectivity index (χ3v) is 2.61. The molecule has 1 aromatic rings. The molecule has 0 amide bonds. The predicted octanol–water partition coefficient (Wildman–Crippen LogP) is 2.68. The second kappa shape index (κ2) is 5.90. The van der Waals surface area contributed by atoms with E-state index in [-0.39, 0.29) is 0 Å². The van der Waals surface area contributed by atoms with Crippen LogP contribution in [0, 0.1) is 0 Å². The highest BCUT2D eigenvalue weighted by Gasteiger charge is 2.04. The number of hydrogen-bond donors (Lipinski definition) is 1. The van der Waals surface area contributed by atoms with Gasteiger partial charge in [0, 0.05) is 31.9 Å². The fourth-order valence-corrected chi connectivity index (χ4v) is 1.91. The van der Waals surface area contributed by atoms with Gasteiger partial charge in [-0.2, -0.15) is 0 Å². The van der Waals surface area contributed by atoms with Crippen LogP contribution in [0.5, 0.6) is 0 Å². The van der Waals surface area contributed by atoms with Crippen LogP contribution >= 0.6 is 0 Å². The van der Waals surface area contributed by atoms with Crippen LogP contribution in [0.3, 0.4) is 0 Å². The van der Waals surface area contributed by atoms with Crippen LogP contribution in [0.25, 0.3) is 0 Å².